The Morgan fingerprint density at radius 1 is 1.57 bits per heavy atom. The van der Waals surface area contributed by atoms with Gasteiger partial charge in [0.1, 0.15) is 6.67 Å². The monoisotopic (exact) mass is 220 g/mol. The molecule has 1 atom stereocenters. The second kappa shape index (κ2) is 5.69. The number of halogens is 2. The van der Waals surface area contributed by atoms with Crippen LogP contribution in [0.4, 0.5) is 4.39 Å². The summed E-state index contributed by atoms with van der Waals surface area (Å²) in [6, 6.07) is -0.0700. The van der Waals surface area contributed by atoms with Crippen LogP contribution >= 0.6 is 11.6 Å². The number of rotatable bonds is 3. The van der Waals surface area contributed by atoms with Gasteiger partial charge in [-0.05, 0) is 19.8 Å². The maximum absolute atomic E-state index is 12.1. The van der Waals surface area contributed by atoms with Crippen LogP contribution in [-0.4, -0.2) is 37.3 Å². The van der Waals surface area contributed by atoms with Crippen LogP contribution in [0, 0.1) is 0 Å². The van der Waals surface area contributed by atoms with Gasteiger partial charge in [-0.1, -0.05) is 17.2 Å². The average molecular weight is 221 g/mol. The van der Waals surface area contributed by atoms with E-state index >= 15 is 0 Å². The third-order valence-electron chi connectivity index (χ3n) is 2.60. The van der Waals surface area contributed by atoms with Crippen LogP contribution in [0.1, 0.15) is 19.8 Å². The first-order valence-corrected chi connectivity index (χ1v) is 5.44. The van der Waals surface area contributed by atoms with Crippen molar-refractivity contribution in [2.75, 3.05) is 26.3 Å². The van der Waals surface area contributed by atoms with Crippen LogP contribution in [0.15, 0.2) is 10.6 Å². The zero-order chi connectivity index (χ0) is 10.6. The normalized spacial score (nSPS) is 21.0. The summed E-state index contributed by atoms with van der Waals surface area (Å²) < 4.78 is 12.1. The van der Waals surface area contributed by atoms with Gasteiger partial charge in [0.25, 0.3) is 0 Å². The number of piperidine rings is 1. The molecule has 1 aliphatic rings. The van der Waals surface area contributed by atoms with Gasteiger partial charge in [-0.15, -0.1) is 0 Å². The third-order valence-corrected chi connectivity index (χ3v) is 3.21. The number of hydrogen-bond donors (Lipinski definition) is 1. The standard InChI is InChI=1S/C10H18ClFN2/c1-8(13)10(11)9-2-5-14(6-3-9)7-4-12/h8H,2-7,13H2,1H3. The number of likely N-dealkylation sites (tertiary alicyclic amines) is 1. The van der Waals surface area contributed by atoms with Crippen molar-refractivity contribution in [3.05, 3.63) is 10.6 Å². The molecule has 0 radical (unpaired) electrons. The number of nitrogens with zero attached hydrogens (tertiary/aromatic N) is 1. The van der Waals surface area contributed by atoms with Gasteiger partial charge in [-0.2, -0.15) is 0 Å². The van der Waals surface area contributed by atoms with E-state index < -0.39 is 0 Å². The molecule has 0 aromatic heterocycles. The lowest BCUT2D eigenvalue weighted by molar-refractivity contribution is 0.233. The molecule has 1 saturated heterocycles. The Labute approximate surface area is 89.9 Å². The summed E-state index contributed by atoms with van der Waals surface area (Å²) in [5, 5.41) is 0.796. The molecule has 0 aliphatic carbocycles. The van der Waals surface area contributed by atoms with Crippen LogP contribution in [0.2, 0.25) is 0 Å². The summed E-state index contributed by atoms with van der Waals surface area (Å²) in [5.41, 5.74) is 6.94. The SMILES string of the molecule is CC(N)C(Cl)=C1CCN(CCF)CC1. The minimum absolute atomic E-state index is 0.0700. The molecule has 1 heterocycles. The van der Waals surface area contributed by atoms with Crippen molar-refractivity contribution in [2.45, 2.75) is 25.8 Å². The first-order valence-electron chi connectivity index (χ1n) is 5.06. The van der Waals surface area contributed by atoms with E-state index in [0.717, 1.165) is 31.0 Å². The Bertz CT molecular complexity index is 206. The van der Waals surface area contributed by atoms with E-state index in [9.17, 15) is 4.39 Å². The molecule has 1 fully saturated rings. The van der Waals surface area contributed by atoms with Gasteiger partial charge in [0.05, 0.1) is 0 Å². The second-order valence-corrected chi connectivity index (χ2v) is 4.18. The van der Waals surface area contributed by atoms with E-state index in [1.165, 1.54) is 5.57 Å². The zero-order valence-corrected chi connectivity index (χ0v) is 9.36. The molecular weight excluding hydrogens is 203 g/mol. The van der Waals surface area contributed by atoms with Crippen molar-refractivity contribution < 1.29 is 4.39 Å². The minimum Gasteiger partial charge on any atom is -0.323 e. The van der Waals surface area contributed by atoms with Gasteiger partial charge < -0.3 is 10.6 Å². The summed E-state index contributed by atoms with van der Waals surface area (Å²) in [5.74, 6) is 0. The highest BCUT2D eigenvalue weighted by molar-refractivity contribution is 6.30. The molecule has 14 heavy (non-hydrogen) atoms. The van der Waals surface area contributed by atoms with E-state index in [1.807, 2.05) is 6.92 Å². The molecule has 0 bridgehead atoms. The van der Waals surface area contributed by atoms with Crippen molar-refractivity contribution in [1.29, 1.82) is 0 Å². The average Bonchev–Trinajstić information content (AvgIpc) is 2.18. The molecule has 1 aliphatic heterocycles. The lowest BCUT2D eigenvalue weighted by Gasteiger charge is -2.28. The summed E-state index contributed by atoms with van der Waals surface area (Å²) in [6.07, 6.45) is 1.86. The van der Waals surface area contributed by atoms with Crippen LogP contribution in [0.5, 0.6) is 0 Å². The number of hydrogen-bond acceptors (Lipinski definition) is 2. The fourth-order valence-corrected chi connectivity index (χ4v) is 1.92. The predicted octanol–water partition coefficient (Wildman–Crippen LogP) is 1.89. The minimum atomic E-state index is -0.264. The van der Waals surface area contributed by atoms with Crippen LogP contribution in [0.3, 0.4) is 0 Å². The van der Waals surface area contributed by atoms with E-state index in [2.05, 4.69) is 4.90 Å². The van der Waals surface area contributed by atoms with E-state index in [-0.39, 0.29) is 12.7 Å². The van der Waals surface area contributed by atoms with E-state index in [4.69, 9.17) is 17.3 Å². The molecule has 2 N–H and O–H groups in total. The van der Waals surface area contributed by atoms with Crippen molar-refractivity contribution >= 4 is 11.6 Å². The lowest BCUT2D eigenvalue weighted by Crippen LogP contribution is -2.33. The predicted molar refractivity (Wildman–Crippen MR) is 58.2 cm³/mol. The van der Waals surface area contributed by atoms with Crippen LogP contribution < -0.4 is 5.73 Å². The van der Waals surface area contributed by atoms with Gasteiger partial charge in [-0.3, -0.25) is 0 Å². The van der Waals surface area contributed by atoms with Crippen molar-refractivity contribution in [2.24, 2.45) is 5.73 Å². The van der Waals surface area contributed by atoms with Crippen LogP contribution in [0.25, 0.3) is 0 Å². The van der Waals surface area contributed by atoms with Crippen LogP contribution in [-0.2, 0) is 0 Å². The molecule has 1 rings (SSSR count). The number of alkyl halides is 1. The zero-order valence-electron chi connectivity index (χ0n) is 8.60. The quantitative estimate of drug-likeness (QED) is 0.787. The molecule has 0 aromatic rings. The summed E-state index contributed by atoms with van der Waals surface area (Å²) in [4.78, 5) is 2.12. The first kappa shape index (κ1) is 12.0. The van der Waals surface area contributed by atoms with E-state index in [1.54, 1.807) is 0 Å². The largest absolute Gasteiger partial charge is 0.323 e. The lowest BCUT2D eigenvalue weighted by atomic mass is 10.0. The molecule has 4 heteroatoms. The summed E-state index contributed by atoms with van der Waals surface area (Å²) >= 11 is 6.08. The Morgan fingerprint density at radius 2 is 2.14 bits per heavy atom. The Morgan fingerprint density at radius 3 is 2.57 bits per heavy atom. The van der Waals surface area contributed by atoms with Gasteiger partial charge >= 0.3 is 0 Å². The molecule has 2 nitrogen and oxygen atoms in total. The molecule has 0 amide bonds. The van der Waals surface area contributed by atoms with Crippen molar-refractivity contribution in [3.63, 3.8) is 0 Å². The Hall–Kier alpha value is -0.120. The van der Waals surface area contributed by atoms with E-state index in [0.29, 0.717) is 6.54 Å². The molecule has 0 saturated carbocycles. The Balaban J connectivity index is 2.46. The number of nitrogens with two attached hydrogens (primary N) is 1. The van der Waals surface area contributed by atoms with Gasteiger partial charge in [0.15, 0.2) is 0 Å². The molecule has 1 unspecified atom stereocenters. The summed E-state index contributed by atoms with van der Waals surface area (Å²) in [7, 11) is 0. The molecule has 82 valence electrons. The maximum Gasteiger partial charge on any atom is 0.102 e. The fourth-order valence-electron chi connectivity index (χ4n) is 1.73. The molecular formula is C10H18ClFN2. The molecule has 0 aromatic carbocycles. The highest BCUT2D eigenvalue weighted by atomic mass is 35.5. The molecule has 0 spiro atoms. The van der Waals surface area contributed by atoms with Crippen molar-refractivity contribution in [3.8, 4) is 0 Å². The Kier molecular flexibility index (Phi) is 4.85. The second-order valence-electron chi connectivity index (χ2n) is 3.77. The van der Waals surface area contributed by atoms with Gasteiger partial charge in [-0.25, -0.2) is 4.39 Å². The van der Waals surface area contributed by atoms with Gasteiger partial charge in [0, 0.05) is 30.7 Å². The topological polar surface area (TPSA) is 29.3 Å². The maximum atomic E-state index is 12.1. The first-order chi connectivity index (χ1) is 6.65. The summed E-state index contributed by atoms with van der Waals surface area (Å²) in [6.45, 7) is 3.98. The highest BCUT2D eigenvalue weighted by Crippen LogP contribution is 2.23. The smallest absolute Gasteiger partial charge is 0.102 e. The van der Waals surface area contributed by atoms with Crippen molar-refractivity contribution in [1.82, 2.24) is 4.90 Å². The highest BCUT2D eigenvalue weighted by Gasteiger charge is 2.17. The van der Waals surface area contributed by atoms with Gasteiger partial charge in [0.2, 0.25) is 0 Å². The third kappa shape index (κ3) is 3.23. The fraction of sp³-hybridized carbons (Fsp3) is 0.800.